The molecule has 0 radical (unpaired) electrons. The molecule has 64 valence electrons. The van der Waals surface area contributed by atoms with Gasteiger partial charge in [0.25, 0.3) is 0 Å². The Morgan fingerprint density at radius 2 is 1.82 bits per heavy atom. The number of methoxy groups -OCH3 is 1. The molecule has 3 aliphatic carbocycles. The molecule has 0 spiro atoms. The highest BCUT2D eigenvalue weighted by molar-refractivity contribution is 5.10. The fourth-order valence-corrected chi connectivity index (χ4v) is 2.76. The molecule has 2 nitrogen and oxygen atoms in total. The van der Waals surface area contributed by atoms with Gasteiger partial charge in [-0.25, -0.2) is 0 Å². The number of nitrogens with two attached hydrogens (primary N) is 1. The SMILES string of the molecule is COC12CCCCC(N)(C1)C2. The third-order valence-corrected chi connectivity index (χ3v) is 3.34. The Labute approximate surface area is 68.1 Å². The largest absolute Gasteiger partial charge is 0.378 e. The van der Waals surface area contributed by atoms with E-state index in [0.717, 1.165) is 12.8 Å². The van der Waals surface area contributed by atoms with Crippen LogP contribution < -0.4 is 5.73 Å². The highest BCUT2D eigenvalue weighted by Gasteiger charge is 2.53. The van der Waals surface area contributed by atoms with Crippen LogP contribution in [-0.4, -0.2) is 18.2 Å². The minimum Gasteiger partial charge on any atom is -0.378 e. The van der Waals surface area contributed by atoms with E-state index in [-0.39, 0.29) is 11.1 Å². The first-order chi connectivity index (χ1) is 5.18. The van der Waals surface area contributed by atoms with Crippen molar-refractivity contribution in [3.05, 3.63) is 0 Å². The molecule has 3 saturated carbocycles. The molecule has 0 amide bonds. The highest BCUT2D eigenvalue weighted by Crippen LogP contribution is 2.50. The molecule has 3 fully saturated rings. The highest BCUT2D eigenvalue weighted by atomic mass is 16.5. The molecule has 0 aliphatic heterocycles. The molecule has 11 heavy (non-hydrogen) atoms. The molecule has 0 unspecified atom stereocenters. The Hall–Kier alpha value is -0.0800. The van der Waals surface area contributed by atoms with E-state index in [9.17, 15) is 0 Å². The van der Waals surface area contributed by atoms with Gasteiger partial charge in [0.15, 0.2) is 0 Å². The summed E-state index contributed by atoms with van der Waals surface area (Å²) in [7, 11) is 1.82. The number of fused-ring (bicyclic) bond motifs is 3. The fraction of sp³-hybridized carbons (Fsp3) is 1.00. The lowest BCUT2D eigenvalue weighted by Gasteiger charge is -2.51. The van der Waals surface area contributed by atoms with Crippen molar-refractivity contribution >= 4 is 0 Å². The summed E-state index contributed by atoms with van der Waals surface area (Å²) in [5, 5.41) is 0. The first kappa shape index (κ1) is 7.56. The van der Waals surface area contributed by atoms with Crippen molar-refractivity contribution in [1.82, 2.24) is 0 Å². The van der Waals surface area contributed by atoms with E-state index in [2.05, 4.69) is 0 Å². The van der Waals surface area contributed by atoms with Crippen LogP contribution in [0.1, 0.15) is 38.5 Å². The van der Waals surface area contributed by atoms with Crippen molar-refractivity contribution in [2.75, 3.05) is 7.11 Å². The lowest BCUT2D eigenvalue weighted by atomic mass is 9.64. The van der Waals surface area contributed by atoms with Gasteiger partial charge in [-0.15, -0.1) is 0 Å². The molecule has 0 aromatic carbocycles. The minimum absolute atomic E-state index is 0.145. The van der Waals surface area contributed by atoms with E-state index >= 15 is 0 Å². The zero-order valence-electron chi connectivity index (χ0n) is 7.23. The topological polar surface area (TPSA) is 35.2 Å². The predicted molar refractivity (Wildman–Crippen MR) is 44.4 cm³/mol. The maximum absolute atomic E-state index is 6.12. The zero-order valence-corrected chi connectivity index (χ0v) is 7.23. The molecule has 0 atom stereocenters. The van der Waals surface area contributed by atoms with E-state index in [1.54, 1.807) is 0 Å². The van der Waals surface area contributed by atoms with Gasteiger partial charge in [0.05, 0.1) is 5.60 Å². The van der Waals surface area contributed by atoms with Gasteiger partial charge in [-0.05, 0) is 25.7 Å². The molecule has 0 saturated heterocycles. The Kier molecular flexibility index (Phi) is 1.52. The van der Waals surface area contributed by atoms with E-state index < -0.39 is 0 Å². The molecular formula is C9H17NO. The Bertz CT molecular complexity index is 161. The normalized spacial score (nSPS) is 49.6. The van der Waals surface area contributed by atoms with Crippen molar-refractivity contribution in [3.8, 4) is 0 Å². The average Bonchev–Trinajstić information content (AvgIpc) is 2.16. The van der Waals surface area contributed by atoms with Crippen LogP contribution >= 0.6 is 0 Å². The number of rotatable bonds is 1. The molecule has 3 aliphatic rings. The summed E-state index contributed by atoms with van der Waals surface area (Å²) in [6, 6.07) is 0. The van der Waals surface area contributed by atoms with Gasteiger partial charge in [0.2, 0.25) is 0 Å². The van der Waals surface area contributed by atoms with Crippen LogP contribution in [0.3, 0.4) is 0 Å². The van der Waals surface area contributed by atoms with Gasteiger partial charge >= 0.3 is 0 Å². The predicted octanol–water partition coefficient (Wildman–Crippen LogP) is 1.44. The van der Waals surface area contributed by atoms with Gasteiger partial charge in [-0.1, -0.05) is 12.8 Å². The Morgan fingerprint density at radius 1 is 1.18 bits per heavy atom. The van der Waals surface area contributed by atoms with Crippen molar-refractivity contribution in [1.29, 1.82) is 0 Å². The summed E-state index contributed by atoms with van der Waals surface area (Å²) in [6.45, 7) is 0. The summed E-state index contributed by atoms with van der Waals surface area (Å²) in [5.74, 6) is 0. The van der Waals surface area contributed by atoms with Gasteiger partial charge in [0, 0.05) is 12.6 Å². The average molecular weight is 155 g/mol. The number of hydrogen-bond donors (Lipinski definition) is 1. The van der Waals surface area contributed by atoms with Crippen LogP contribution in [-0.2, 0) is 4.74 Å². The monoisotopic (exact) mass is 155 g/mol. The summed E-state index contributed by atoms with van der Waals surface area (Å²) in [6.07, 6.45) is 7.21. The minimum atomic E-state index is 0.145. The van der Waals surface area contributed by atoms with E-state index in [1.165, 1.54) is 25.7 Å². The van der Waals surface area contributed by atoms with Crippen molar-refractivity contribution in [2.24, 2.45) is 5.73 Å². The van der Waals surface area contributed by atoms with Gasteiger partial charge in [-0.2, -0.15) is 0 Å². The van der Waals surface area contributed by atoms with E-state index in [0.29, 0.717) is 0 Å². The lowest BCUT2D eigenvalue weighted by Crippen LogP contribution is -2.61. The maximum Gasteiger partial charge on any atom is 0.0713 e. The summed E-state index contributed by atoms with van der Waals surface area (Å²) < 4.78 is 5.51. The third-order valence-electron chi connectivity index (χ3n) is 3.34. The van der Waals surface area contributed by atoms with Gasteiger partial charge in [-0.3, -0.25) is 0 Å². The van der Waals surface area contributed by atoms with Crippen LogP contribution in [0.25, 0.3) is 0 Å². The summed E-state index contributed by atoms with van der Waals surface area (Å²) >= 11 is 0. The number of ether oxygens (including phenoxy) is 1. The molecular weight excluding hydrogens is 138 g/mol. The van der Waals surface area contributed by atoms with Crippen LogP contribution in [0.2, 0.25) is 0 Å². The van der Waals surface area contributed by atoms with Crippen LogP contribution in [0.5, 0.6) is 0 Å². The summed E-state index contributed by atoms with van der Waals surface area (Å²) in [5.41, 5.74) is 6.46. The van der Waals surface area contributed by atoms with Crippen LogP contribution in [0.15, 0.2) is 0 Å². The fourth-order valence-electron chi connectivity index (χ4n) is 2.76. The molecule has 2 bridgehead atoms. The van der Waals surface area contributed by atoms with Crippen molar-refractivity contribution in [3.63, 3.8) is 0 Å². The molecule has 2 N–H and O–H groups in total. The van der Waals surface area contributed by atoms with Crippen LogP contribution in [0, 0.1) is 0 Å². The molecule has 0 heterocycles. The smallest absolute Gasteiger partial charge is 0.0713 e. The first-order valence-electron chi connectivity index (χ1n) is 4.52. The Balaban J connectivity index is 2.09. The van der Waals surface area contributed by atoms with Gasteiger partial charge < -0.3 is 10.5 Å². The second kappa shape index (κ2) is 2.20. The standard InChI is InChI=1S/C9H17NO/c1-11-9-5-3-2-4-8(10,6-9)7-9/h2-7,10H2,1H3. The van der Waals surface area contributed by atoms with E-state index in [4.69, 9.17) is 10.5 Å². The molecule has 0 aromatic heterocycles. The second-order valence-corrected chi connectivity index (χ2v) is 4.31. The summed E-state index contributed by atoms with van der Waals surface area (Å²) in [4.78, 5) is 0. The Morgan fingerprint density at radius 3 is 2.45 bits per heavy atom. The lowest BCUT2D eigenvalue weighted by molar-refractivity contribution is -0.113. The first-order valence-corrected chi connectivity index (χ1v) is 4.52. The zero-order chi connectivity index (χ0) is 7.95. The maximum atomic E-state index is 6.12. The quantitative estimate of drug-likeness (QED) is 0.622. The molecule has 3 rings (SSSR count). The van der Waals surface area contributed by atoms with Crippen molar-refractivity contribution in [2.45, 2.75) is 49.7 Å². The molecule has 2 heteroatoms. The van der Waals surface area contributed by atoms with Crippen molar-refractivity contribution < 1.29 is 4.74 Å². The van der Waals surface area contributed by atoms with Crippen LogP contribution in [0.4, 0.5) is 0 Å². The molecule has 0 aromatic rings. The third kappa shape index (κ3) is 1.09. The second-order valence-electron chi connectivity index (χ2n) is 4.31. The van der Waals surface area contributed by atoms with E-state index in [1.807, 2.05) is 7.11 Å². The number of hydrogen-bond acceptors (Lipinski definition) is 2. The van der Waals surface area contributed by atoms with Gasteiger partial charge in [0.1, 0.15) is 0 Å².